The lowest BCUT2D eigenvalue weighted by atomic mass is 10.2. The molecular weight excluding hydrogens is 343 g/mol. The fourth-order valence-electron chi connectivity index (χ4n) is 2.16. The van der Waals surface area contributed by atoms with Gasteiger partial charge < -0.3 is 4.74 Å². The van der Waals surface area contributed by atoms with E-state index >= 15 is 0 Å². The second-order valence-electron chi connectivity index (χ2n) is 5.16. The maximum Gasteiger partial charge on any atom is 0.266 e. The van der Waals surface area contributed by atoms with E-state index in [2.05, 4.69) is 9.71 Å². The van der Waals surface area contributed by atoms with Gasteiger partial charge in [0.25, 0.3) is 10.0 Å². The Labute approximate surface area is 145 Å². The first-order valence-corrected chi connectivity index (χ1v) is 8.94. The van der Waals surface area contributed by atoms with E-state index in [1.165, 1.54) is 24.4 Å². The number of hydrogen-bond donors (Lipinski definition) is 1. The van der Waals surface area contributed by atoms with Crippen molar-refractivity contribution in [2.24, 2.45) is 0 Å². The van der Waals surface area contributed by atoms with Crippen molar-refractivity contribution in [3.63, 3.8) is 0 Å². The number of sulfonamides is 1. The van der Waals surface area contributed by atoms with E-state index < -0.39 is 20.7 Å². The van der Waals surface area contributed by atoms with Crippen molar-refractivity contribution >= 4 is 15.8 Å². The summed E-state index contributed by atoms with van der Waals surface area (Å²) in [5.74, 6) is -0.578. The molecule has 5 nitrogen and oxygen atoms in total. The van der Waals surface area contributed by atoms with Crippen molar-refractivity contribution in [2.45, 2.75) is 11.5 Å². The Bertz CT molecular complexity index is 963. The third-order valence-corrected chi connectivity index (χ3v) is 4.74. The summed E-state index contributed by atoms with van der Waals surface area (Å²) in [6, 6.07) is 17.8. The maximum atomic E-state index is 13.8. The number of nitrogens with zero attached hydrogens (tertiary/aromatic N) is 1. The molecule has 1 aromatic heterocycles. The summed E-state index contributed by atoms with van der Waals surface area (Å²) in [7, 11) is -4.12. The Balaban J connectivity index is 1.82. The van der Waals surface area contributed by atoms with Crippen molar-refractivity contribution in [1.29, 1.82) is 0 Å². The van der Waals surface area contributed by atoms with Crippen LogP contribution in [0.1, 0.15) is 5.56 Å². The minimum atomic E-state index is -4.12. The topological polar surface area (TPSA) is 68.3 Å². The lowest BCUT2D eigenvalue weighted by Gasteiger charge is -2.13. The Morgan fingerprint density at radius 3 is 2.44 bits per heavy atom. The molecule has 0 amide bonds. The summed E-state index contributed by atoms with van der Waals surface area (Å²) in [6.45, 7) is 0.251. The van der Waals surface area contributed by atoms with Gasteiger partial charge in [-0.3, -0.25) is 4.72 Å². The molecule has 0 spiro atoms. The van der Waals surface area contributed by atoms with Gasteiger partial charge >= 0.3 is 0 Å². The third-order valence-electron chi connectivity index (χ3n) is 3.37. The highest BCUT2D eigenvalue weighted by molar-refractivity contribution is 7.92. The van der Waals surface area contributed by atoms with Gasteiger partial charge in [-0.2, -0.15) is 0 Å². The zero-order valence-corrected chi connectivity index (χ0v) is 13.9. The molecule has 0 bridgehead atoms. The van der Waals surface area contributed by atoms with E-state index in [-0.39, 0.29) is 18.2 Å². The van der Waals surface area contributed by atoms with Crippen LogP contribution in [0.3, 0.4) is 0 Å². The Kier molecular flexibility index (Phi) is 4.95. The number of hydrogen-bond acceptors (Lipinski definition) is 4. The van der Waals surface area contributed by atoms with Gasteiger partial charge in [0.05, 0.1) is 0 Å². The van der Waals surface area contributed by atoms with Crippen LogP contribution in [-0.4, -0.2) is 13.4 Å². The Morgan fingerprint density at radius 1 is 0.960 bits per heavy atom. The first kappa shape index (κ1) is 16.9. The van der Waals surface area contributed by atoms with E-state index in [0.717, 1.165) is 11.6 Å². The molecule has 3 aromatic rings. The zero-order valence-electron chi connectivity index (χ0n) is 13.1. The molecule has 0 unspecified atom stereocenters. The smallest absolute Gasteiger partial charge is 0.266 e. The highest BCUT2D eigenvalue weighted by Crippen LogP contribution is 2.25. The van der Waals surface area contributed by atoms with Gasteiger partial charge in [0.15, 0.2) is 11.6 Å². The monoisotopic (exact) mass is 358 g/mol. The summed E-state index contributed by atoms with van der Waals surface area (Å²) in [5.41, 5.74) is 0.925. The molecule has 0 aliphatic heterocycles. The molecule has 2 aromatic carbocycles. The van der Waals surface area contributed by atoms with Crippen LogP contribution in [0.15, 0.2) is 77.8 Å². The van der Waals surface area contributed by atoms with Crippen LogP contribution in [0.25, 0.3) is 0 Å². The molecule has 0 saturated heterocycles. The van der Waals surface area contributed by atoms with Gasteiger partial charge in [-0.05, 0) is 29.8 Å². The van der Waals surface area contributed by atoms with Gasteiger partial charge in [-0.25, -0.2) is 17.8 Å². The fourth-order valence-corrected chi connectivity index (χ4v) is 3.26. The number of benzene rings is 2. The Morgan fingerprint density at radius 2 is 1.68 bits per heavy atom. The molecule has 7 heteroatoms. The first-order valence-electron chi connectivity index (χ1n) is 7.45. The van der Waals surface area contributed by atoms with Crippen LogP contribution in [0, 0.1) is 5.82 Å². The molecule has 128 valence electrons. The number of nitrogens with one attached hydrogen (secondary N) is 1. The van der Waals surface area contributed by atoms with Crippen LogP contribution in [0.2, 0.25) is 0 Å². The van der Waals surface area contributed by atoms with Crippen LogP contribution in [0.4, 0.5) is 10.2 Å². The quantitative estimate of drug-likeness (QED) is 0.731. The van der Waals surface area contributed by atoms with Crippen molar-refractivity contribution in [1.82, 2.24) is 4.98 Å². The lowest BCUT2D eigenvalue weighted by molar-refractivity contribution is 0.307. The summed E-state index contributed by atoms with van der Waals surface area (Å²) >= 11 is 0. The first-order chi connectivity index (χ1) is 12.1. The molecule has 1 heterocycles. The summed E-state index contributed by atoms with van der Waals surface area (Å²) < 4.78 is 46.5. The van der Waals surface area contributed by atoms with E-state index in [0.29, 0.717) is 0 Å². The average Bonchev–Trinajstić information content (AvgIpc) is 2.62. The van der Waals surface area contributed by atoms with Crippen molar-refractivity contribution in [2.75, 3.05) is 4.72 Å². The number of rotatable bonds is 6. The third kappa shape index (κ3) is 4.13. The average molecular weight is 358 g/mol. The predicted octanol–water partition coefficient (Wildman–Crippen LogP) is 3.60. The SMILES string of the molecule is O=S(=O)(Nc1ncccc1OCc1ccccc1)c1ccccc1F. The van der Waals surface area contributed by atoms with Gasteiger partial charge in [0.2, 0.25) is 0 Å². The largest absolute Gasteiger partial charge is 0.485 e. The van der Waals surface area contributed by atoms with Gasteiger partial charge in [0, 0.05) is 6.20 Å². The summed E-state index contributed by atoms with van der Waals surface area (Å²) in [4.78, 5) is 3.54. The van der Waals surface area contributed by atoms with Crippen molar-refractivity contribution in [3.8, 4) is 5.75 Å². The number of anilines is 1. The number of pyridine rings is 1. The van der Waals surface area contributed by atoms with Gasteiger partial charge in [-0.15, -0.1) is 0 Å². The van der Waals surface area contributed by atoms with Crippen LogP contribution < -0.4 is 9.46 Å². The lowest BCUT2D eigenvalue weighted by Crippen LogP contribution is -2.16. The van der Waals surface area contributed by atoms with E-state index in [1.807, 2.05) is 30.3 Å². The minimum Gasteiger partial charge on any atom is -0.485 e. The molecule has 0 atom stereocenters. The number of halogens is 1. The Hall–Kier alpha value is -2.93. The zero-order chi connectivity index (χ0) is 17.7. The van der Waals surface area contributed by atoms with E-state index in [9.17, 15) is 12.8 Å². The standard InChI is InChI=1S/C18H15FN2O3S/c19-15-9-4-5-11-17(15)25(22,23)21-18-16(10-6-12-20-18)24-13-14-7-2-1-3-8-14/h1-12H,13H2,(H,20,21). The molecule has 3 rings (SSSR count). The minimum absolute atomic E-state index is 0.00156. The molecule has 0 fully saturated rings. The van der Waals surface area contributed by atoms with Crippen LogP contribution >= 0.6 is 0 Å². The van der Waals surface area contributed by atoms with Crippen LogP contribution in [-0.2, 0) is 16.6 Å². The maximum absolute atomic E-state index is 13.8. The molecule has 0 aliphatic rings. The highest BCUT2D eigenvalue weighted by Gasteiger charge is 2.21. The predicted molar refractivity (Wildman–Crippen MR) is 92.2 cm³/mol. The molecule has 0 aliphatic carbocycles. The molecule has 25 heavy (non-hydrogen) atoms. The number of ether oxygens (including phenoxy) is 1. The van der Waals surface area contributed by atoms with E-state index in [4.69, 9.17) is 4.74 Å². The summed E-state index contributed by atoms with van der Waals surface area (Å²) in [6.07, 6.45) is 1.43. The fraction of sp³-hybridized carbons (Fsp3) is 0.0556. The second-order valence-corrected chi connectivity index (χ2v) is 6.81. The number of aromatic nitrogens is 1. The molecular formula is C18H15FN2O3S. The van der Waals surface area contributed by atoms with Gasteiger partial charge in [0.1, 0.15) is 17.3 Å². The normalized spacial score (nSPS) is 11.1. The molecule has 0 saturated carbocycles. The molecule has 1 N–H and O–H groups in total. The molecule has 0 radical (unpaired) electrons. The van der Waals surface area contributed by atoms with Crippen molar-refractivity contribution in [3.05, 3.63) is 84.3 Å². The van der Waals surface area contributed by atoms with E-state index in [1.54, 1.807) is 12.1 Å². The van der Waals surface area contributed by atoms with Gasteiger partial charge in [-0.1, -0.05) is 42.5 Å². The second kappa shape index (κ2) is 7.31. The van der Waals surface area contributed by atoms with Crippen molar-refractivity contribution < 1.29 is 17.5 Å². The summed E-state index contributed by atoms with van der Waals surface area (Å²) in [5, 5.41) is 0. The van der Waals surface area contributed by atoms with Crippen LogP contribution in [0.5, 0.6) is 5.75 Å². The highest BCUT2D eigenvalue weighted by atomic mass is 32.2.